The van der Waals surface area contributed by atoms with Crippen LogP contribution in [0.2, 0.25) is 0 Å². The average Bonchev–Trinajstić information content (AvgIpc) is 3.09. The molecule has 0 bridgehead atoms. The number of rotatable bonds is 1. The zero-order chi connectivity index (χ0) is 17.1. The van der Waals surface area contributed by atoms with E-state index >= 15 is 0 Å². The van der Waals surface area contributed by atoms with Gasteiger partial charge in [-0.3, -0.25) is 9.69 Å². The van der Waals surface area contributed by atoms with E-state index in [2.05, 4.69) is 4.98 Å². The summed E-state index contributed by atoms with van der Waals surface area (Å²) in [5, 5.41) is 11.3. The molecule has 3 heterocycles. The number of anilines is 1. The fourth-order valence-electron chi connectivity index (χ4n) is 3.85. The molecule has 2 aromatic carbocycles. The molecule has 1 fully saturated rings. The van der Waals surface area contributed by atoms with Gasteiger partial charge in [-0.15, -0.1) is 0 Å². The summed E-state index contributed by atoms with van der Waals surface area (Å²) in [5.74, 6) is 0.243. The Bertz CT molecular complexity index is 1030. The minimum atomic E-state index is -0.290. The normalized spacial score (nSPS) is 19.4. The van der Waals surface area contributed by atoms with E-state index in [-0.39, 0.29) is 17.7 Å². The molecule has 0 spiro atoms. The number of aromatic amines is 1. The summed E-state index contributed by atoms with van der Waals surface area (Å²) < 4.78 is 0. The quantitative estimate of drug-likeness (QED) is 0.663. The van der Waals surface area contributed by atoms with Crippen molar-refractivity contribution in [2.24, 2.45) is 0 Å². The van der Waals surface area contributed by atoms with Crippen molar-refractivity contribution in [3.63, 3.8) is 0 Å². The summed E-state index contributed by atoms with van der Waals surface area (Å²) in [6.07, 6.45) is 0.584. The van der Waals surface area contributed by atoms with Gasteiger partial charge in [0.2, 0.25) is 0 Å². The van der Waals surface area contributed by atoms with Crippen molar-refractivity contribution in [3.8, 4) is 5.75 Å². The van der Waals surface area contributed by atoms with Gasteiger partial charge < -0.3 is 15.0 Å². The Morgan fingerprint density at radius 3 is 2.76 bits per heavy atom. The highest BCUT2D eigenvalue weighted by molar-refractivity contribution is 7.80. The number of para-hydroxylation sites is 1. The predicted octanol–water partition coefficient (Wildman–Crippen LogP) is 2.93. The molecule has 25 heavy (non-hydrogen) atoms. The van der Waals surface area contributed by atoms with E-state index in [1.165, 1.54) is 0 Å². The fourth-order valence-corrected chi connectivity index (χ4v) is 4.24. The SMILES string of the molecule is O=C1C2Cc3c([nH]c4ccc(O)cc34)CN2C(=S)N1c1ccccc1. The van der Waals surface area contributed by atoms with Gasteiger partial charge in [-0.2, -0.15) is 0 Å². The number of aromatic hydroxyl groups is 1. The van der Waals surface area contributed by atoms with Gasteiger partial charge in [0.1, 0.15) is 11.8 Å². The fraction of sp³-hybridized carbons (Fsp3) is 0.158. The highest BCUT2D eigenvalue weighted by Crippen LogP contribution is 2.36. The topological polar surface area (TPSA) is 59.6 Å². The Labute approximate surface area is 149 Å². The molecule has 1 atom stereocenters. The van der Waals surface area contributed by atoms with Crippen LogP contribution < -0.4 is 4.90 Å². The Morgan fingerprint density at radius 2 is 1.96 bits per heavy atom. The molecule has 1 aromatic heterocycles. The number of benzene rings is 2. The van der Waals surface area contributed by atoms with E-state index < -0.39 is 0 Å². The van der Waals surface area contributed by atoms with E-state index in [1.54, 1.807) is 17.0 Å². The largest absolute Gasteiger partial charge is 0.508 e. The first kappa shape index (κ1) is 14.5. The third kappa shape index (κ3) is 2.01. The molecular weight excluding hydrogens is 334 g/mol. The highest BCUT2D eigenvalue weighted by Gasteiger charge is 2.46. The molecule has 1 saturated heterocycles. The Balaban J connectivity index is 1.58. The van der Waals surface area contributed by atoms with Gasteiger partial charge in [0, 0.05) is 23.0 Å². The summed E-state index contributed by atoms with van der Waals surface area (Å²) >= 11 is 5.61. The van der Waals surface area contributed by atoms with Crippen LogP contribution in [0.4, 0.5) is 5.69 Å². The molecule has 2 aliphatic rings. The van der Waals surface area contributed by atoms with Crippen LogP contribution in [0, 0.1) is 0 Å². The number of phenols is 1. The number of phenolic OH excluding ortho intramolecular Hbond substituents is 1. The predicted molar refractivity (Wildman–Crippen MR) is 99.5 cm³/mol. The summed E-state index contributed by atoms with van der Waals surface area (Å²) in [4.78, 5) is 20.0. The lowest BCUT2D eigenvalue weighted by Gasteiger charge is -2.28. The molecule has 2 N–H and O–H groups in total. The first-order chi connectivity index (χ1) is 12.1. The number of nitrogens with one attached hydrogen (secondary N) is 1. The Kier molecular flexibility index (Phi) is 2.93. The first-order valence-corrected chi connectivity index (χ1v) is 8.56. The van der Waals surface area contributed by atoms with Crippen LogP contribution >= 0.6 is 12.2 Å². The van der Waals surface area contributed by atoms with E-state index in [9.17, 15) is 9.90 Å². The van der Waals surface area contributed by atoms with E-state index in [0.29, 0.717) is 18.1 Å². The maximum atomic E-state index is 13.0. The molecule has 3 aromatic rings. The molecule has 124 valence electrons. The number of H-pyrrole nitrogens is 1. The van der Waals surface area contributed by atoms with Crippen molar-refractivity contribution in [1.29, 1.82) is 0 Å². The molecule has 0 saturated carbocycles. The second-order valence-corrected chi connectivity index (χ2v) is 6.82. The monoisotopic (exact) mass is 349 g/mol. The third-order valence-corrected chi connectivity index (χ3v) is 5.45. The van der Waals surface area contributed by atoms with Gasteiger partial charge in [-0.1, -0.05) is 18.2 Å². The molecular formula is C19H15N3O2S. The standard InChI is InChI=1S/C19H15N3O2S/c23-12-6-7-15-13(8-12)14-9-17-18(24)22(11-4-2-1-3-5-11)19(25)21(17)10-16(14)20-15/h1-8,17,20,23H,9-10H2. The zero-order valence-corrected chi connectivity index (χ0v) is 14.1. The highest BCUT2D eigenvalue weighted by atomic mass is 32.1. The Hall–Kier alpha value is -2.86. The van der Waals surface area contributed by atoms with Crippen molar-refractivity contribution in [1.82, 2.24) is 9.88 Å². The number of aromatic nitrogens is 1. The van der Waals surface area contributed by atoms with E-state index in [1.807, 2.05) is 41.3 Å². The van der Waals surface area contributed by atoms with Crippen LogP contribution in [0.3, 0.4) is 0 Å². The molecule has 2 aliphatic heterocycles. The van der Waals surface area contributed by atoms with E-state index in [4.69, 9.17) is 12.2 Å². The van der Waals surface area contributed by atoms with Gasteiger partial charge in [-0.05, 0) is 48.1 Å². The van der Waals surface area contributed by atoms with Gasteiger partial charge in [0.15, 0.2) is 5.11 Å². The van der Waals surface area contributed by atoms with Gasteiger partial charge >= 0.3 is 0 Å². The number of hydrogen-bond acceptors (Lipinski definition) is 3. The number of thiocarbonyl (C=S) groups is 1. The van der Waals surface area contributed by atoms with Crippen LogP contribution in [0.25, 0.3) is 10.9 Å². The smallest absolute Gasteiger partial charge is 0.256 e. The van der Waals surface area contributed by atoms with Gasteiger partial charge in [0.05, 0.1) is 12.2 Å². The number of nitrogens with zero attached hydrogens (tertiary/aromatic N) is 2. The molecule has 5 nitrogen and oxygen atoms in total. The van der Waals surface area contributed by atoms with Crippen LogP contribution in [-0.4, -0.2) is 32.1 Å². The van der Waals surface area contributed by atoms with Crippen LogP contribution in [0.1, 0.15) is 11.3 Å². The summed E-state index contributed by atoms with van der Waals surface area (Å²) in [5.41, 5.74) is 3.93. The molecule has 1 amide bonds. The van der Waals surface area contributed by atoms with Crippen molar-refractivity contribution in [2.45, 2.75) is 19.0 Å². The summed E-state index contributed by atoms with van der Waals surface area (Å²) in [6, 6.07) is 14.5. The number of hydrogen-bond donors (Lipinski definition) is 2. The number of carbonyl (C=O) groups is 1. The number of amides is 1. The lowest BCUT2D eigenvalue weighted by Crippen LogP contribution is -2.39. The molecule has 6 heteroatoms. The van der Waals surface area contributed by atoms with Crippen LogP contribution in [0.15, 0.2) is 48.5 Å². The lowest BCUT2D eigenvalue weighted by molar-refractivity contribution is -0.119. The van der Waals surface area contributed by atoms with Gasteiger partial charge in [0.25, 0.3) is 5.91 Å². The lowest BCUT2D eigenvalue weighted by atomic mass is 9.97. The number of fused-ring (bicyclic) bond motifs is 4. The van der Waals surface area contributed by atoms with Gasteiger partial charge in [-0.25, -0.2) is 0 Å². The average molecular weight is 349 g/mol. The maximum Gasteiger partial charge on any atom is 0.256 e. The Morgan fingerprint density at radius 1 is 1.16 bits per heavy atom. The van der Waals surface area contributed by atoms with Crippen molar-refractivity contribution < 1.29 is 9.90 Å². The minimum Gasteiger partial charge on any atom is -0.508 e. The molecule has 0 aliphatic carbocycles. The minimum absolute atomic E-state index is 0.0105. The second-order valence-electron chi connectivity index (χ2n) is 6.45. The van der Waals surface area contributed by atoms with Crippen LogP contribution in [0.5, 0.6) is 5.75 Å². The van der Waals surface area contributed by atoms with Crippen molar-refractivity contribution in [3.05, 3.63) is 59.8 Å². The van der Waals surface area contributed by atoms with Crippen LogP contribution in [-0.2, 0) is 17.8 Å². The van der Waals surface area contributed by atoms with E-state index in [0.717, 1.165) is 27.8 Å². The second kappa shape index (κ2) is 5.07. The molecule has 0 radical (unpaired) electrons. The van der Waals surface area contributed by atoms with Crippen molar-refractivity contribution in [2.75, 3.05) is 4.90 Å². The summed E-state index contributed by atoms with van der Waals surface area (Å²) in [7, 11) is 0. The maximum absolute atomic E-state index is 13.0. The first-order valence-electron chi connectivity index (χ1n) is 8.15. The molecule has 5 rings (SSSR count). The number of carbonyl (C=O) groups excluding carboxylic acids is 1. The third-order valence-electron chi connectivity index (χ3n) is 5.04. The summed E-state index contributed by atoms with van der Waals surface area (Å²) in [6.45, 7) is 0.573. The molecule has 1 unspecified atom stereocenters. The zero-order valence-electron chi connectivity index (χ0n) is 13.3. The van der Waals surface area contributed by atoms with Crippen molar-refractivity contribution >= 4 is 39.8 Å².